The summed E-state index contributed by atoms with van der Waals surface area (Å²) in [7, 11) is 0. The maximum Gasteiger partial charge on any atom is 0.231 e. The van der Waals surface area contributed by atoms with Gasteiger partial charge in [-0.15, -0.1) is 11.3 Å². The third kappa shape index (κ3) is 4.30. The number of aryl methyl sites for hydroxylation is 1. The van der Waals surface area contributed by atoms with Crippen LogP contribution in [0.1, 0.15) is 29.6 Å². The Morgan fingerprint density at radius 3 is 2.70 bits per heavy atom. The molecule has 1 aromatic carbocycles. The molecule has 0 spiro atoms. The lowest BCUT2D eigenvalue weighted by atomic mass is 9.89. The molecule has 0 bridgehead atoms. The normalized spacial score (nSPS) is 19.8. The van der Waals surface area contributed by atoms with Gasteiger partial charge in [-0.2, -0.15) is 4.98 Å². The number of fused-ring (bicyclic) bond motifs is 3. The average molecular weight is 464 g/mol. The number of aromatic nitrogens is 2. The van der Waals surface area contributed by atoms with E-state index in [1.165, 1.54) is 16.9 Å². The van der Waals surface area contributed by atoms with Crippen molar-refractivity contribution in [3.8, 4) is 11.6 Å². The molecule has 1 saturated heterocycles. The molecule has 1 atom stereocenters. The maximum absolute atomic E-state index is 6.28. The Hall–Kier alpha value is -1.44. The van der Waals surface area contributed by atoms with Gasteiger partial charge in [0.05, 0.1) is 25.1 Å². The van der Waals surface area contributed by atoms with Gasteiger partial charge in [0, 0.05) is 28.0 Å². The molecule has 5 nitrogen and oxygen atoms in total. The first kappa shape index (κ1) is 20.5. The Morgan fingerprint density at radius 2 is 1.93 bits per heavy atom. The van der Waals surface area contributed by atoms with E-state index >= 15 is 0 Å². The lowest BCUT2D eigenvalue weighted by Crippen LogP contribution is -2.36. The third-order valence-corrected chi connectivity index (χ3v) is 7.27. The van der Waals surface area contributed by atoms with Crippen LogP contribution in [0.2, 0.25) is 10.0 Å². The summed E-state index contributed by atoms with van der Waals surface area (Å²) in [6.45, 7) is 6.27. The highest BCUT2D eigenvalue weighted by atomic mass is 35.5. The summed E-state index contributed by atoms with van der Waals surface area (Å²) in [6, 6.07) is 5.23. The van der Waals surface area contributed by atoms with Crippen molar-refractivity contribution in [1.82, 2.24) is 14.9 Å². The van der Waals surface area contributed by atoms with Crippen molar-refractivity contribution in [2.45, 2.75) is 32.7 Å². The number of benzene rings is 1. The molecular weight excluding hydrogens is 441 g/mol. The molecule has 2 aliphatic rings. The van der Waals surface area contributed by atoms with Gasteiger partial charge < -0.3 is 9.47 Å². The number of halogens is 2. The van der Waals surface area contributed by atoms with Gasteiger partial charge in [0.15, 0.2) is 0 Å². The van der Waals surface area contributed by atoms with Crippen molar-refractivity contribution in [2.24, 2.45) is 5.92 Å². The van der Waals surface area contributed by atoms with Crippen LogP contribution in [0.4, 0.5) is 0 Å². The number of rotatable bonds is 4. The fraction of sp³-hybridized carbons (Fsp3) is 0.455. The number of hydrogen-bond acceptors (Lipinski definition) is 6. The molecule has 0 radical (unpaired) electrons. The highest BCUT2D eigenvalue weighted by Gasteiger charge is 2.25. The van der Waals surface area contributed by atoms with Crippen molar-refractivity contribution < 1.29 is 9.47 Å². The van der Waals surface area contributed by atoms with Crippen LogP contribution in [-0.2, 0) is 24.1 Å². The lowest BCUT2D eigenvalue weighted by molar-refractivity contribution is 0.0330. The van der Waals surface area contributed by atoms with Crippen LogP contribution in [0.25, 0.3) is 10.2 Å². The van der Waals surface area contributed by atoms with Crippen LogP contribution in [-0.4, -0.2) is 41.2 Å². The zero-order valence-corrected chi connectivity index (χ0v) is 19.1. The minimum atomic E-state index is 0.539. The minimum absolute atomic E-state index is 0.539. The summed E-state index contributed by atoms with van der Waals surface area (Å²) < 4.78 is 11.7. The summed E-state index contributed by atoms with van der Waals surface area (Å²) in [5.41, 5.74) is 1.34. The van der Waals surface area contributed by atoms with Crippen molar-refractivity contribution in [3.05, 3.63) is 44.5 Å². The smallest absolute Gasteiger partial charge is 0.231 e. The molecular formula is C22H23Cl2N3O2S. The van der Waals surface area contributed by atoms with Crippen LogP contribution < -0.4 is 4.74 Å². The quantitative estimate of drug-likeness (QED) is 0.492. The first-order valence-electron chi connectivity index (χ1n) is 10.3. The molecule has 1 aliphatic carbocycles. The predicted molar refractivity (Wildman–Crippen MR) is 121 cm³/mol. The molecule has 0 N–H and O–H groups in total. The second-order valence-corrected chi connectivity index (χ2v) is 10.0. The van der Waals surface area contributed by atoms with Crippen LogP contribution in [0.5, 0.6) is 11.6 Å². The molecule has 0 amide bonds. The monoisotopic (exact) mass is 463 g/mol. The molecule has 5 rings (SSSR count). The summed E-state index contributed by atoms with van der Waals surface area (Å²) in [5, 5.41) is 2.12. The van der Waals surface area contributed by atoms with Gasteiger partial charge in [0.1, 0.15) is 16.4 Å². The summed E-state index contributed by atoms with van der Waals surface area (Å²) in [5.74, 6) is 2.67. The average Bonchev–Trinajstić information content (AvgIpc) is 3.05. The van der Waals surface area contributed by atoms with Gasteiger partial charge in [-0.3, -0.25) is 4.90 Å². The third-order valence-electron chi connectivity index (χ3n) is 5.69. The zero-order valence-electron chi connectivity index (χ0n) is 16.8. The Bertz CT molecular complexity index is 1060. The Morgan fingerprint density at radius 1 is 1.17 bits per heavy atom. The molecule has 158 valence electrons. The van der Waals surface area contributed by atoms with Crippen LogP contribution in [0.3, 0.4) is 0 Å². The van der Waals surface area contributed by atoms with E-state index in [4.69, 9.17) is 42.6 Å². The standard InChI is InChI=1S/C22H23Cl2N3O2S/c1-13-2-3-17-18(8-13)30-22-20(17)21(29-16-10-14(23)9-15(24)11-16)25-19(26-22)12-27-4-6-28-7-5-27/h9-11,13H,2-8,12H2,1H3. The SMILES string of the molecule is CC1CCc2c(sc3nc(CN4CCOCC4)nc(Oc4cc(Cl)cc(Cl)c4)c23)C1. The van der Waals surface area contributed by atoms with E-state index in [-0.39, 0.29) is 0 Å². The molecule has 8 heteroatoms. The fourth-order valence-electron chi connectivity index (χ4n) is 4.15. The zero-order chi connectivity index (χ0) is 20.7. The molecule has 0 saturated carbocycles. The molecule has 2 aromatic heterocycles. The summed E-state index contributed by atoms with van der Waals surface area (Å²) >= 11 is 14.2. The first-order chi connectivity index (χ1) is 14.5. The van der Waals surface area contributed by atoms with Crippen LogP contribution in [0, 0.1) is 5.92 Å². The highest BCUT2D eigenvalue weighted by Crippen LogP contribution is 2.42. The lowest BCUT2D eigenvalue weighted by Gasteiger charge is -2.25. The van der Waals surface area contributed by atoms with E-state index in [2.05, 4.69) is 11.8 Å². The largest absolute Gasteiger partial charge is 0.438 e. The van der Waals surface area contributed by atoms with Gasteiger partial charge in [-0.1, -0.05) is 30.1 Å². The predicted octanol–water partition coefficient (Wildman–Crippen LogP) is 5.75. The van der Waals surface area contributed by atoms with Crippen molar-refractivity contribution >= 4 is 44.8 Å². The maximum atomic E-state index is 6.28. The van der Waals surface area contributed by atoms with Crippen molar-refractivity contribution in [3.63, 3.8) is 0 Å². The van der Waals surface area contributed by atoms with E-state index in [0.29, 0.717) is 34.1 Å². The van der Waals surface area contributed by atoms with Gasteiger partial charge >= 0.3 is 0 Å². The summed E-state index contributed by atoms with van der Waals surface area (Å²) in [6.07, 6.45) is 3.31. The highest BCUT2D eigenvalue weighted by molar-refractivity contribution is 7.18. The first-order valence-corrected chi connectivity index (χ1v) is 11.9. The molecule has 1 fully saturated rings. The van der Waals surface area contributed by atoms with Gasteiger partial charge in [-0.05, 0) is 48.9 Å². The van der Waals surface area contributed by atoms with Crippen molar-refractivity contribution in [2.75, 3.05) is 26.3 Å². The van der Waals surface area contributed by atoms with Crippen molar-refractivity contribution in [1.29, 1.82) is 0 Å². The molecule has 30 heavy (non-hydrogen) atoms. The molecule has 1 aliphatic heterocycles. The van der Waals surface area contributed by atoms with E-state index in [9.17, 15) is 0 Å². The number of morpholine rings is 1. The number of hydrogen-bond donors (Lipinski definition) is 0. The second-order valence-electron chi connectivity index (χ2n) is 8.07. The van der Waals surface area contributed by atoms with E-state index in [1.54, 1.807) is 29.5 Å². The number of nitrogens with zero attached hydrogens (tertiary/aromatic N) is 3. The Labute approximate surface area is 189 Å². The van der Waals surface area contributed by atoms with Gasteiger partial charge in [0.2, 0.25) is 5.88 Å². The molecule has 1 unspecified atom stereocenters. The Kier molecular flexibility index (Phi) is 5.86. The minimum Gasteiger partial charge on any atom is -0.438 e. The van der Waals surface area contributed by atoms with Crippen LogP contribution in [0.15, 0.2) is 18.2 Å². The number of thiophene rings is 1. The summed E-state index contributed by atoms with van der Waals surface area (Å²) in [4.78, 5) is 14.5. The van der Waals surface area contributed by atoms with Crippen LogP contribution >= 0.6 is 34.5 Å². The van der Waals surface area contributed by atoms with Gasteiger partial charge in [0.25, 0.3) is 0 Å². The van der Waals surface area contributed by atoms with E-state index < -0.39 is 0 Å². The molecule has 3 heterocycles. The fourth-order valence-corrected chi connectivity index (χ4v) is 6.05. The Balaban J connectivity index is 1.57. The van der Waals surface area contributed by atoms with E-state index in [1.807, 2.05) is 0 Å². The molecule has 3 aromatic rings. The second kappa shape index (κ2) is 8.60. The van der Waals surface area contributed by atoms with Gasteiger partial charge in [-0.25, -0.2) is 4.98 Å². The topological polar surface area (TPSA) is 47.5 Å². The van der Waals surface area contributed by atoms with E-state index in [0.717, 1.165) is 55.2 Å². The number of ether oxygens (including phenoxy) is 2.